The van der Waals surface area contributed by atoms with Crippen LogP contribution in [-0.4, -0.2) is 37.4 Å². The Balaban J connectivity index is 2.50. The van der Waals surface area contributed by atoms with Crippen molar-refractivity contribution >= 4 is 5.97 Å². The second-order valence-corrected chi connectivity index (χ2v) is 5.81. The number of ether oxygens (including phenoxy) is 2. The van der Waals surface area contributed by atoms with Gasteiger partial charge in [-0.25, -0.2) is 0 Å². The van der Waals surface area contributed by atoms with Crippen molar-refractivity contribution in [3.8, 4) is 0 Å². The summed E-state index contributed by atoms with van der Waals surface area (Å²) in [6, 6.07) is 0. The van der Waals surface area contributed by atoms with Crippen molar-refractivity contribution in [3.05, 3.63) is 0 Å². The Kier molecular flexibility index (Phi) is 3.97. The smallest absolute Gasteiger partial charge is 0.310 e. The third kappa shape index (κ3) is 3.76. The number of rotatable bonds is 3. The molecular weight excluding hydrogens is 206 g/mol. The van der Waals surface area contributed by atoms with E-state index >= 15 is 0 Å². The van der Waals surface area contributed by atoms with Gasteiger partial charge >= 0.3 is 5.97 Å². The van der Waals surface area contributed by atoms with Crippen molar-refractivity contribution in [3.63, 3.8) is 0 Å². The average Bonchev–Trinajstić information content (AvgIpc) is 2.45. The van der Waals surface area contributed by atoms with E-state index in [0.717, 1.165) is 6.42 Å². The molecule has 0 aromatic rings. The van der Waals surface area contributed by atoms with Crippen LogP contribution in [0.25, 0.3) is 0 Å². The average molecular weight is 229 g/mol. The lowest BCUT2D eigenvalue weighted by molar-refractivity contribution is -0.159. The first-order valence-electron chi connectivity index (χ1n) is 5.73. The molecule has 16 heavy (non-hydrogen) atoms. The van der Waals surface area contributed by atoms with Crippen molar-refractivity contribution in [1.82, 2.24) is 5.32 Å². The van der Waals surface area contributed by atoms with Gasteiger partial charge in [0.1, 0.15) is 5.60 Å². The van der Waals surface area contributed by atoms with Gasteiger partial charge in [0, 0.05) is 19.2 Å². The summed E-state index contributed by atoms with van der Waals surface area (Å²) in [5.74, 6) is -0.167. The molecule has 2 atom stereocenters. The van der Waals surface area contributed by atoms with Gasteiger partial charge in [0.25, 0.3) is 0 Å². The van der Waals surface area contributed by atoms with E-state index in [1.165, 1.54) is 0 Å². The quantitative estimate of drug-likeness (QED) is 0.742. The van der Waals surface area contributed by atoms with E-state index in [9.17, 15) is 4.79 Å². The maximum absolute atomic E-state index is 11.8. The monoisotopic (exact) mass is 229 g/mol. The fraction of sp³-hybridized carbons (Fsp3) is 0.917. The van der Waals surface area contributed by atoms with Gasteiger partial charge < -0.3 is 14.8 Å². The number of methoxy groups -OCH3 is 1. The van der Waals surface area contributed by atoms with Crippen molar-refractivity contribution < 1.29 is 14.3 Å². The van der Waals surface area contributed by atoms with Crippen LogP contribution >= 0.6 is 0 Å². The van der Waals surface area contributed by atoms with Crippen LogP contribution in [0.4, 0.5) is 0 Å². The SMILES string of the molecule is COCC1(C)CC(C(=O)OC(C)(C)C)CN1. The summed E-state index contributed by atoms with van der Waals surface area (Å²) in [6.07, 6.45) is 0.774. The van der Waals surface area contributed by atoms with Crippen LogP contribution in [0.15, 0.2) is 0 Å². The van der Waals surface area contributed by atoms with Gasteiger partial charge in [-0.15, -0.1) is 0 Å². The van der Waals surface area contributed by atoms with Crippen molar-refractivity contribution in [1.29, 1.82) is 0 Å². The molecule has 0 bridgehead atoms. The Morgan fingerprint density at radius 1 is 1.50 bits per heavy atom. The first-order valence-corrected chi connectivity index (χ1v) is 5.73. The van der Waals surface area contributed by atoms with Crippen molar-refractivity contribution in [2.45, 2.75) is 45.3 Å². The molecule has 1 heterocycles. The second kappa shape index (κ2) is 4.72. The molecule has 0 radical (unpaired) electrons. The lowest BCUT2D eigenvalue weighted by Gasteiger charge is -2.24. The van der Waals surface area contributed by atoms with Gasteiger partial charge in [0.2, 0.25) is 0 Å². The fourth-order valence-electron chi connectivity index (χ4n) is 2.04. The van der Waals surface area contributed by atoms with Crippen molar-refractivity contribution in [2.75, 3.05) is 20.3 Å². The van der Waals surface area contributed by atoms with Crippen LogP contribution in [0, 0.1) is 5.92 Å². The molecule has 0 aliphatic carbocycles. The fourth-order valence-corrected chi connectivity index (χ4v) is 2.04. The number of carbonyl (C=O) groups is 1. The molecule has 1 aliphatic heterocycles. The molecule has 0 aromatic carbocycles. The molecule has 1 saturated heterocycles. The van der Waals surface area contributed by atoms with E-state index in [0.29, 0.717) is 13.2 Å². The Morgan fingerprint density at radius 2 is 2.12 bits per heavy atom. The number of hydrogen-bond acceptors (Lipinski definition) is 4. The zero-order valence-corrected chi connectivity index (χ0v) is 10.9. The summed E-state index contributed by atoms with van der Waals surface area (Å²) < 4.78 is 10.5. The van der Waals surface area contributed by atoms with Gasteiger partial charge in [-0.1, -0.05) is 0 Å². The maximum atomic E-state index is 11.8. The molecule has 1 aliphatic rings. The summed E-state index contributed by atoms with van der Waals surface area (Å²) >= 11 is 0. The number of esters is 1. The molecule has 0 saturated carbocycles. The topological polar surface area (TPSA) is 47.6 Å². The lowest BCUT2D eigenvalue weighted by Crippen LogP contribution is -2.40. The Labute approximate surface area is 97.7 Å². The van der Waals surface area contributed by atoms with Gasteiger partial charge in [-0.2, -0.15) is 0 Å². The summed E-state index contributed by atoms with van der Waals surface area (Å²) in [5.41, 5.74) is -0.506. The van der Waals surface area contributed by atoms with E-state index in [1.54, 1.807) is 7.11 Å². The maximum Gasteiger partial charge on any atom is 0.310 e. The van der Waals surface area contributed by atoms with Crippen LogP contribution in [-0.2, 0) is 14.3 Å². The summed E-state index contributed by atoms with van der Waals surface area (Å²) in [7, 11) is 1.67. The molecule has 2 unspecified atom stereocenters. The van der Waals surface area contributed by atoms with Gasteiger partial charge in [-0.3, -0.25) is 4.79 Å². The number of nitrogens with one attached hydrogen (secondary N) is 1. The van der Waals surface area contributed by atoms with Crippen molar-refractivity contribution in [2.24, 2.45) is 5.92 Å². The Hall–Kier alpha value is -0.610. The predicted octanol–water partition coefficient (Wildman–Crippen LogP) is 1.34. The van der Waals surface area contributed by atoms with Gasteiger partial charge in [-0.05, 0) is 34.1 Å². The molecule has 4 heteroatoms. The first-order chi connectivity index (χ1) is 7.26. The van der Waals surface area contributed by atoms with Gasteiger partial charge in [0.05, 0.1) is 12.5 Å². The van der Waals surface area contributed by atoms with E-state index < -0.39 is 5.60 Å². The zero-order valence-electron chi connectivity index (χ0n) is 10.9. The number of carbonyl (C=O) groups excluding carboxylic acids is 1. The van der Waals surface area contributed by atoms with E-state index in [1.807, 2.05) is 20.8 Å². The highest BCUT2D eigenvalue weighted by Crippen LogP contribution is 2.26. The largest absolute Gasteiger partial charge is 0.460 e. The molecule has 4 nitrogen and oxygen atoms in total. The Bertz CT molecular complexity index is 259. The predicted molar refractivity (Wildman–Crippen MR) is 62.2 cm³/mol. The third-order valence-electron chi connectivity index (χ3n) is 2.68. The lowest BCUT2D eigenvalue weighted by atomic mass is 9.95. The zero-order chi connectivity index (χ0) is 12.4. The van der Waals surface area contributed by atoms with E-state index in [4.69, 9.17) is 9.47 Å². The van der Waals surface area contributed by atoms with Crippen LogP contribution < -0.4 is 5.32 Å². The standard InChI is InChI=1S/C12H23NO3/c1-11(2,3)16-10(14)9-6-12(4,8-15-5)13-7-9/h9,13H,6-8H2,1-5H3. The normalized spacial score (nSPS) is 30.4. The molecular formula is C12H23NO3. The highest BCUT2D eigenvalue weighted by Gasteiger charge is 2.39. The van der Waals surface area contributed by atoms with Gasteiger partial charge in [0.15, 0.2) is 0 Å². The number of hydrogen-bond donors (Lipinski definition) is 1. The molecule has 0 aromatic heterocycles. The molecule has 1 rings (SSSR count). The summed E-state index contributed by atoms with van der Waals surface area (Å²) in [6.45, 7) is 9.03. The molecule has 94 valence electrons. The highest BCUT2D eigenvalue weighted by molar-refractivity contribution is 5.73. The minimum atomic E-state index is -0.405. The molecule has 0 spiro atoms. The van der Waals surface area contributed by atoms with Crippen LogP contribution in [0.3, 0.4) is 0 Å². The minimum Gasteiger partial charge on any atom is -0.460 e. The summed E-state index contributed by atoms with van der Waals surface area (Å²) in [4.78, 5) is 11.8. The third-order valence-corrected chi connectivity index (χ3v) is 2.68. The summed E-state index contributed by atoms with van der Waals surface area (Å²) in [5, 5.41) is 3.32. The van der Waals surface area contributed by atoms with E-state index in [-0.39, 0.29) is 17.4 Å². The second-order valence-electron chi connectivity index (χ2n) is 5.81. The minimum absolute atomic E-state index is 0.0561. The molecule has 1 fully saturated rings. The van der Waals surface area contributed by atoms with Crippen LogP contribution in [0.1, 0.15) is 34.1 Å². The van der Waals surface area contributed by atoms with Crippen LogP contribution in [0.5, 0.6) is 0 Å². The van der Waals surface area contributed by atoms with Crippen LogP contribution in [0.2, 0.25) is 0 Å². The highest BCUT2D eigenvalue weighted by atomic mass is 16.6. The molecule has 0 amide bonds. The first kappa shape index (κ1) is 13.5. The molecule has 1 N–H and O–H groups in total. The van der Waals surface area contributed by atoms with E-state index in [2.05, 4.69) is 12.2 Å². The Morgan fingerprint density at radius 3 is 2.62 bits per heavy atom.